The topological polar surface area (TPSA) is 46.5 Å². The second-order valence-corrected chi connectivity index (χ2v) is 3.25. The van der Waals surface area contributed by atoms with Gasteiger partial charge in [0.15, 0.2) is 5.78 Å². The van der Waals surface area contributed by atoms with Crippen molar-refractivity contribution < 1.29 is 14.6 Å². The zero-order chi connectivity index (χ0) is 12.0. The van der Waals surface area contributed by atoms with Crippen molar-refractivity contribution in [3.63, 3.8) is 0 Å². The van der Waals surface area contributed by atoms with Crippen LogP contribution in [0.15, 0.2) is 18.2 Å². The average molecular weight is 218 g/mol. The number of hydrogen-bond donors (Lipinski definition) is 1. The van der Waals surface area contributed by atoms with Crippen LogP contribution in [0.1, 0.15) is 29.3 Å². The summed E-state index contributed by atoms with van der Waals surface area (Å²) in [6.07, 6.45) is 0.410. The summed E-state index contributed by atoms with van der Waals surface area (Å²) in [6, 6.07) is 5.13. The Balaban J connectivity index is 3.08. The summed E-state index contributed by atoms with van der Waals surface area (Å²) < 4.78 is 5.13. The van der Waals surface area contributed by atoms with Gasteiger partial charge in [-0.15, -0.1) is 0 Å². The molecule has 0 radical (unpaired) electrons. The zero-order valence-electron chi connectivity index (χ0n) is 9.41. The molecule has 0 aliphatic rings. The molecule has 1 aromatic rings. The first-order valence-electron chi connectivity index (χ1n) is 4.97. The minimum Gasteiger partial charge on any atom is -0.495 e. The standard InChI is InChI=1S/C13H14O3/c1-10(15)11-6-7-13(16-2)12(9-11)5-3-4-8-14/h6-7,9,14H,4,8H2,1-2H3. The van der Waals surface area contributed by atoms with Crippen LogP contribution in [-0.4, -0.2) is 24.6 Å². The molecule has 0 saturated carbocycles. The van der Waals surface area contributed by atoms with Crippen LogP contribution in [0.3, 0.4) is 0 Å². The van der Waals surface area contributed by atoms with E-state index in [1.807, 2.05) is 0 Å². The molecule has 0 bridgehead atoms. The van der Waals surface area contributed by atoms with Crippen LogP contribution in [0.5, 0.6) is 5.75 Å². The first-order valence-corrected chi connectivity index (χ1v) is 4.97. The third-order valence-corrected chi connectivity index (χ3v) is 2.07. The van der Waals surface area contributed by atoms with E-state index in [1.165, 1.54) is 6.92 Å². The number of aliphatic hydroxyl groups is 1. The highest BCUT2D eigenvalue weighted by atomic mass is 16.5. The van der Waals surface area contributed by atoms with E-state index in [-0.39, 0.29) is 12.4 Å². The minimum absolute atomic E-state index is 0.00661. The van der Waals surface area contributed by atoms with Crippen LogP contribution in [-0.2, 0) is 0 Å². The highest BCUT2D eigenvalue weighted by Gasteiger charge is 2.04. The van der Waals surface area contributed by atoms with Crippen LogP contribution < -0.4 is 4.74 Å². The van der Waals surface area contributed by atoms with Crippen molar-refractivity contribution in [1.29, 1.82) is 0 Å². The van der Waals surface area contributed by atoms with E-state index >= 15 is 0 Å². The lowest BCUT2D eigenvalue weighted by molar-refractivity contribution is 0.101. The first kappa shape index (κ1) is 12.3. The Kier molecular flexibility index (Phi) is 4.56. The molecule has 84 valence electrons. The summed E-state index contributed by atoms with van der Waals surface area (Å²) in [5.74, 6) is 6.30. The molecule has 0 aromatic heterocycles. The fourth-order valence-electron chi connectivity index (χ4n) is 1.24. The smallest absolute Gasteiger partial charge is 0.159 e. The molecule has 0 aliphatic carbocycles. The number of aliphatic hydroxyl groups excluding tert-OH is 1. The van der Waals surface area contributed by atoms with E-state index in [2.05, 4.69) is 11.8 Å². The van der Waals surface area contributed by atoms with Crippen molar-refractivity contribution in [2.75, 3.05) is 13.7 Å². The van der Waals surface area contributed by atoms with Gasteiger partial charge >= 0.3 is 0 Å². The van der Waals surface area contributed by atoms with E-state index in [0.717, 1.165) is 0 Å². The number of Topliss-reactive ketones (excluding diaryl/α,β-unsaturated/α-hetero) is 1. The minimum atomic E-state index is -0.00661. The molecule has 0 spiro atoms. The third-order valence-electron chi connectivity index (χ3n) is 2.07. The van der Waals surface area contributed by atoms with Gasteiger partial charge in [0.05, 0.1) is 19.3 Å². The molecule has 3 nitrogen and oxygen atoms in total. The van der Waals surface area contributed by atoms with E-state index in [9.17, 15) is 4.79 Å². The lowest BCUT2D eigenvalue weighted by Gasteiger charge is -2.04. The Morgan fingerprint density at radius 2 is 2.25 bits per heavy atom. The number of carbonyl (C=O) groups excluding carboxylic acids is 1. The molecule has 3 heteroatoms. The van der Waals surface area contributed by atoms with Crippen molar-refractivity contribution in [1.82, 2.24) is 0 Å². The van der Waals surface area contributed by atoms with Gasteiger partial charge in [0.1, 0.15) is 5.75 Å². The third kappa shape index (κ3) is 3.11. The lowest BCUT2D eigenvalue weighted by Crippen LogP contribution is -1.95. The number of hydrogen-bond acceptors (Lipinski definition) is 3. The molecule has 0 heterocycles. The number of methoxy groups -OCH3 is 1. The van der Waals surface area contributed by atoms with Gasteiger partial charge in [-0.2, -0.15) is 0 Å². The van der Waals surface area contributed by atoms with Gasteiger partial charge in [-0.25, -0.2) is 0 Å². The van der Waals surface area contributed by atoms with E-state index < -0.39 is 0 Å². The number of ether oxygens (including phenoxy) is 1. The van der Waals surface area contributed by atoms with Gasteiger partial charge in [0.25, 0.3) is 0 Å². The predicted molar refractivity (Wildman–Crippen MR) is 61.6 cm³/mol. The summed E-state index contributed by atoms with van der Waals surface area (Å²) >= 11 is 0. The fourth-order valence-corrected chi connectivity index (χ4v) is 1.24. The van der Waals surface area contributed by atoms with Crippen LogP contribution in [0.25, 0.3) is 0 Å². The fraction of sp³-hybridized carbons (Fsp3) is 0.308. The normalized spacial score (nSPS) is 9.19. The second kappa shape index (κ2) is 5.94. The molecule has 16 heavy (non-hydrogen) atoms. The Labute approximate surface area is 95.1 Å². The van der Waals surface area contributed by atoms with Gasteiger partial charge < -0.3 is 9.84 Å². The summed E-state index contributed by atoms with van der Waals surface area (Å²) in [5.41, 5.74) is 1.28. The number of carbonyl (C=O) groups is 1. The average Bonchev–Trinajstić information content (AvgIpc) is 2.29. The van der Waals surface area contributed by atoms with Gasteiger partial charge in [-0.1, -0.05) is 11.8 Å². The molecular formula is C13H14O3. The van der Waals surface area contributed by atoms with Gasteiger partial charge in [-0.3, -0.25) is 4.79 Å². The van der Waals surface area contributed by atoms with Gasteiger partial charge in [0, 0.05) is 12.0 Å². The summed E-state index contributed by atoms with van der Waals surface area (Å²) in [4.78, 5) is 11.2. The molecular weight excluding hydrogens is 204 g/mol. The number of ketones is 1. The highest BCUT2D eigenvalue weighted by Crippen LogP contribution is 2.19. The van der Waals surface area contributed by atoms with Crippen molar-refractivity contribution in [3.05, 3.63) is 29.3 Å². The molecule has 0 unspecified atom stereocenters. The quantitative estimate of drug-likeness (QED) is 0.619. The monoisotopic (exact) mass is 218 g/mol. The number of benzene rings is 1. The van der Waals surface area contributed by atoms with Gasteiger partial charge in [0.2, 0.25) is 0 Å². The Morgan fingerprint density at radius 3 is 2.81 bits per heavy atom. The maximum atomic E-state index is 11.2. The largest absolute Gasteiger partial charge is 0.495 e. The van der Waals surface area contributed by atoms with Crippen molar-refractivity contribution >= 4 is 5.78 Å². The molecule has 1 N–H and O–H groups in total. The molecule has 0 atom stereocenters. The van der Waals surface area contributed by atoms with Crippen LogP contribution in [0.2, 0.25) is 0 Å². The highest BCUT2D eigenvalue weighted by molar-refractivity contribution is 5.94. The maximum Gasteiger partial charge on any atom is 0.159 e. The van der Waals surface area contributed by atoms with E-state index in [0.29, 0.717) is 23.3 Å². The first-order chi connectivity index (χ1) is 7.69. The molecule has 1 aromatic carbocycles. The van der Waals surface area contributed by atoms with Gasteiger partial charge in [-0.05, 0) is 25.1 Å². The van der Waals surface area contributed by atoms with Crippen LogP contribution in [0, 0.1) is 11.8 Å². The maximum absolute atomic E-state index is 11.2. The lowest BCUT2D eigenvalue weighted by atomic mass is 10.1. The van der Waals surface area contributed by atoms with Crippen molar-refractivity contribution in [2.45, 2.75) is 13.3 Å². The summed E-state index contributed by atoms with van der Waals surface area (Å²) in [6.45, 7) is 1.54. The molecule has 0 saturated heterocycles. The molecule has 1 rings (SSSR count). The predicted octanol–water partition coefficient (Wildman–Crippen LogP) is 1.63. The van der Waals surface area contributed by atoms with Crippen LogP contribution >= 0.6 is 0 Å². The van der Waals surface area contributed by atoms with Crippen molar-refractivity contribution in [3.8, 4) is 17.6 Å². The molecule has 0 fully saturated rings. The summed E-state index contributed by atoms with van der Waals surface area (Å²) in [5, 5.41) is 8.63. The Morgan fingerprint density at radius 1 is 1.50 bits per heavy atom. The van der Waals surface area contributed by atoms with Crippen LogP contribution in [0.4, 0.5) is 0 Å². The Hall–Kier alpha value is -1.79. The Bertz CT molecular complexity index is 438. The SMILES string of the molecule is COc1ccc(C(C)=O)cc1C#CCCO. The van der Waals surface area contributed by atoms with E-state index in [1.54, 1.807) is 25.3 Å². The molecule has 0 amide bonds. The molecule has 0 aliphatic heterocycles. The second-order valence-electron chi connectivity index (χ2n) is 3.25. The zero-order valence-corrected chi connectivity index (χ0v) is 9.41. The van der Waals surface area contributed by atoms with Crippen molar-refractivity contribution in [2.24, 2.45) is 0 Å². The van der Waals surface area contributed by atoms with E-state index in [4.69, 9.17) is 9.84 Å². The number of rotatable bonds is 3. The summed E-state index contributed by atoms with van der Waals surface area (Å²) in [7, 11) is 1.56.